The van der Waals surface area contributed by atoms with E-state index in [1.807, 2.05) is 12.1 Å². The van der Waals surface area contributed by atoms with Gasteiger partial charge in [-0.1, -0.05) is 50.5 Å². The predicted octanol–water partition coefficient (Wildman–Crippen LogP) is 3.25. The van der Waals surface area contributed by atoms with E-state index in [4.69, 9.17) is 4.84 Å². The highest BCUT2D eigenvalue weighted by molar-refractivity contribution is 5.27. The van der Waals surface area contributed by atoms with Crippen LogP contribution in [0.25, 0.3) is 0 Å². The van der Waals surface area contributed by atoms with Gasteiger partial charge in [0.1, 0.15) is 6.17 Å². The Balaban J connectivity index is 1.55. The first-order chi connectivity index (χ1) is 14.5. The van der Waals surface area contributed by atoms with E-state index in [1.54, 1.807) is 0 Å². The van der Waals surface area contributed by atoms with Crippen LogP contribution in [0.2, 0.25) is 0 Å². The average Bonchev–Trinajstić information content (AvgIpc) is 3.25. The Labute approximate surface area is 179 Å². The fraction of sp³-hybridized carbons (Fsp3) is 0.727. The molecule has 2 fully saturated rings. The molecule has 0 radical (unpaired) electrons. The van der Waals surface area contributed by atoms with Gasteiger partial charge < -0.3 is 5.32 Å². The standard InChI is InChI=1S/C22H37F2N5O/c1-4-5-6-7-15(2)29-13-12-25-14-19(29)26-16(3)17-8-10-18(11-9-17)21-27-22(20(23)24)30-28-21/h8-11,15-16,19-22,25-28H,4-7,12-14H2,1-3H3/t15-,16+,19?,21?,22?/m0/s1. The summed E-state index contributed by atoms with van der Waals surface area (Å²) in [5.41, 5.74) is 4.68. The summed E-state index contributed by atoms with van der Waals surface area (Å²) >= 11 is 0. The van der Waals surface area contributed by atoms with E-state index in [9.17, 15) is 8.78 Å². The Morgan fingerprint density at radius 1 is 1.20 bits per heavy atom. The van der Waals surface area contributed by atoms with Crippen LogP contribution in [0.15, 0.2) is 24.3 Å². The van der Waals surface area contributed by atoms with Crippen LogP contribution in [0.1, 0.15) is 69.8 Å². The normalized spacial score (nSPS) is 27.5. The summed E-state index contributed by atoms with van der Waals surface area (Å²) in [7, 11) is 0. The Bertz CT molecular complexity index is 632. The average molecular weight is 426 g/mol. The maximum absolute atomic E-state index is 12.8. The molecule has 170 valence electrons. The first-order valence-corrected chi connectivity index (χ1v) is 11.3. The van der Waals surface area contributed by atoms with Crippen molar-refractivity contribution >= 4 is 0 Å². The van der Waals surface area contributed by atoms with Gasteiger partial charge in [0.2, 0.25) is 0 Å². The molecule has 2 heterocycles. The molecule has 0 bridgehead atoms. The van der Waals surface area contributed by atoms with Crippen LogP contribution < -0.4 is 21.4 Å². The van der Waals surface area contributed by atoms with Crippen LogP contribution in [-0.2, 0) is 4.84 Å². The highest BCUT2D eigenvalue weighted by Crippen LogP contribution is 2.22. The number of benzene rings is 1. The van der Waals surface area contributed by atoms with Crippen molar-refractivity contribution in [2.24, 2.45) is 0 Å². The van der Waals surface area contributed by atoms with Gasteiger partial charge in [-0.3, -0.25) is 20.4 Å². The van der Waals surface area contributed by atoms with Crippen molar-refractivity contribution in [3.8, 4) is 0 Å². The molecule has 2 aliphatic rings. The molecular formula is C22H37F2N5O. The van der Waals surface area contributed by atoms with Crippen molar-refractivity contribution in [1.29, 1.82) is 0 Å². The number of nitrogens with zero attached hydrogens (tertiary/aromatic N) is 1. The SMILES string of the molecule is CCCCC[C@H](C)N1CCNCC1N[C@H](C)c1ccc(C2NOC(C(F)F)N2)cc1. The molecule has 30 heavy (non-hydrogen) atoms. The van der Waals surface area contributed by atoms with Gasteiger partial charge in [0.05, 0.1) is 6.17 Å². The molecule has 0 saturated carbocycles. The molecule has 1 aromatic rings. The number of rotatable bonds is 10. The van der Waals surface area contributed by atoms with Gasteiger partial charge in [0, 0.05) is 31.7 Å². The molecule has 0 aromatic heterocycles. The third-order valence-corrected chi connectivity index (χ3v) is 6.16. The minimum absolute atomic E-state index is 0.184. The van der Waals surface area contributed by atoms with Gasteiger partial charge in [-0.05, 0) is 31.4 Å². The second-order valence-electron chi connectivity index (χ2n) is 8.45. The Kier molecular flexibility index (Phi) is 8.98. The van der Waals surface area contributed by atoms with E-state index in [-0.39, 0.29) is 6.04 Å². The van der Waals surface area contributed by atoms with Gasteiger partial charge >= 0.3 is 0 Å². The second-order valence-corrected chi connectivity index (χ2v) is 8.45. The van der Waals surface area contributed by atoms with Crippen LogP contribution in [0.4, 0.5) is 8.78 Å². The third-order valence-electron chi connectivity index (χ3n) is 6.16. The summed E-state index contributed by atoms with van der Waals surface area (Å²) in [4.78, 5) is 7.48. The molecule has 6 nitrogen and oxygen atoms in total. The molecule has 8 heteroatoms. The number of piperazine rings is 1. The van der Waals surface area contributed by atoms with Crippen molar-refractivity contribution in [3.05, 3.63) is 35.4 Å². The van der Waals surface area contributed by atoms with E-state index in [0.29, 0.717) is 12.2 Å². The molecule has 1 aromatic carbocycles. The van der Waals surface area contributed by atoms with Gasteiger partial charge in [-0.25, -0.2) is 8.78 Å². The lowest BCUT2D eigenvalue weighted by molar-refractivity contribution is -0.0675. The summed E-state index contributed by atoms with van der Waals surface area (Å²) < 4.78 is 25.5. The van der Waals surface area contributed by atoms with Crippen LogP contribution in [0.5, 0.6) is 0 Å². The molecule has 4 N–H and O–H groups in total. The van der Waals surface area contributed by atoms with E-state index >= 15 is 0 Å². The zero-order chi connectivity index (χ0) is 21.5. The predicted molar refractivity (Wildman–Crippen MR) is 115 cm³/mol. The third kappa shape index (κ3) is 6.18. The van der Waals surface area contributed by atoms with Crippen molar-refractivity contribution < 1.29 is 13.6 Å². The van der Waals surface area contributed by atoms with E-state index in [0.717, 1.165) is 25.2 Å². The maximum Gasteiger partial charge on any atom is 0.279 e. The first kappa shape index (κ1) is 23.5. The lowest BCUT2D eigenvalue weighted by atomic mass is 10.0. The van der Waals surface area contributed by atoms with E-state index in [2.05, 4.69) is 59.2 Å². The molecule has 2 aliphatic heterocycles. The zero-order valence-corrected chi connectivity index (χ0v) is 18.3. The van der Waals surface area contributed by atoms with Crippen molar-refractivity contribution in [2.45, 2.75) is 83.5 Å². The van der Waals surface area contributed by atoms with Crippen LogP contribution in [0.3, 0.4) is 0 Å². The fourth-order valence-electron chi connectivity index (χ4n) is 4.28. The minimum Gasteiger partial charge on any atom is -0.313 e. The Hall–Kier alpha value is -1.16. The van der Waals surface area contributed by atoms with Crippen molar-refractivity contribution in [3.63, 3.8) is 0 Å². The molecule has 0 spiro atoms. The van der Waals surface area contributed by atoms with Crippen LogP contribution in [-0.4, -0.2) is 49.4 Å². The molecular weight excluding hydrogens is 388 g/mol. The Morgan fingerprint density at radius 3 is 2.63 bits per heavy atom. The van der Waals surface area contributed by atoms with Gasteiger partial charge in [0.25, 0.3) is 6.43 Å². The second kappa shape index (κ2) is 11.5. The lowest BCUT2D eigenvalue weighted by Crippen LogP contribution is -2.60. The lowest BCUT2D eigenvalue weighted by Gasteiger charge is -2.42. The number of nitrogens with one attached hydrogen (secondary N) is 4. The maximum atomic E-state index is 12.8. The smallest absolute Gasteiger partial charge is 0.279 e. The highest BCUT2D eigenvalue weighted by atomic mass is 19.3. The highest BCUT2D eigenvalue weighted by Gasteiger charge is 2.32. The van der Waals surface area contributed by atoms with Gasteiger partial charge in [-0.15, -0.1) is 0 Å². The number of hydroxylamine groups is 1. The van der Waals surface area contributed by atoms with Crippen molar-refractivity contribution in [1.82, 2.24) is 26.3 Å². The molecule has 3 rings (SSSR count). The zero-order valence-electron chi connectivity index (χ0n) is 18.3. The topological polar surface area (TPSA) is 60.6 Å². The molecule has 2 saturated heterocycles. The summed E-state index contributed by atoms with van der Waals surface area (Å²) in [6, 6.07) is 8.77. The molecule has 3 unspecified atom stereocenters. The Morgan fingerprint density at radius 2 is 1.97 bits per heavy atom. The minimum atomic E-state index is -2.57. The van der Waals surface area contributed by atoms with E-state index < -0.39 is 18.8 Å². The van der Waals surface area contributed by atoms with E-state index in [1.165, 1.54) is 31.2 Å². The first-order valence-electron chi connectivity index (χ1n) is 11.3. The molecule has 0 aliphatic carbocycles. The number of unbranched alkanes of at least 4 members (excludes halogenated alkanes) is 2. The number of alkyl halides is 2. The summed E-state index contributed by atoms with van der Waals surface area (Å²) in [5, 5.41) is 10.0. The monoisotopic (exact) mass is 425 g/mol. The number of hydrogen-bond acceptors (Lipinski definition) is 6. The summed E-state index contributed by atoms with van der Waals surface area (Å²) in [6.07, 6.45) is 1.09. The summed E-state index contributed by atoms with van der Waals surface area (Å²) in [5.74, 6) is 0. The number of hydrogen-bond donors (Lipinski definition) is 4. The molecule has 5 atom stereocenters. The van der Waals surface area contributed by atoms with Crippen LogP contribution >= 0.6 is 0 Å². The van der Waals surface area contributed by atoms with Crippen LogP contribution in [0, 0.1) is 0 Å². The van der Waals surface area contributed by atoms with Crippen molar-refractivity contribution in [2.75, 3.05) is 19.6 Å². The molecule has 0 amide bonds. The quantitative estimate of drug-likeness (QED) is 0.432. The van der Waals surface area contributed by atoms with Gasteiger partial charge in [0.15, 0.2) is 6.23 Å². The fourth-order valence-corrected chi connectivity index (χ4v) is 4.28. The largest absolute Gasteiger partial charge is 0.313 e. The number of halogens is 2. The van der Waals surface area contributed by atoms with Gasteiger partial charge in [-0.2, -0.15) is 5.48 Å². The summed E-state index contributed by atoms with van der Waals surface area (Å²) in [6.45, 7) is 9.78.